The molecule has 1 fully saturated rings. The molecule has 5 heteroatoms. The molecule has 0 spiro atoms. The first kappa shape index (κ1) is 12.7. The van der Waals surface area contributed by atoms with Gasteiger partial charge in [-0.1, -0.05) is 0 Å². The SMILES string of the molecule is O=C(NC1CCSC1)c1cc(I)ccc1Br. The lowest BCUT2D eigenvalue weighted by Gasteiger charge is -2.12. The minimum absolute atomic E-state index is 0.0258. The van der Waals surface area contributed by atoms with Gasteiger partial charge in [-0.05, 0) is 68.9 Å². The fourth-order valence-corrected chi connectivity index (χ4v) is 3.65. The lowest BCUT2D eigenvalue weighted by atomic mass is 10.2. The quantitative estimate of drug-likeness (QED) is 0.756. The highest BCUT2D eigenvalue weighted by atomic mass is 127. The molecular weight excluding hydrogens is 401 g/mol. The summed E-state index contributed by atoms with van der Waals surface area (Å²) in [6.07, 6.45) is 1.08. The molecule has 0 bridgehead atoms. The molecule has 0 saturated carbocycles. The largest absolute Gasteiger partial charge is 0.348 e. The smallest absolute Gasteiger partial charge is 0.252 e. The van der Waals surface area contributed by atoms with Crippen molar-refractivity contribution in [2.45, 2.75) is 12.5 Å². The van der Waals surface area contributed by atoms with Crippen LogP contribution in [0.15, 0.2) is 22.7 Å². The van der Waals surface area contributed by atoms with Crippen LogP contribution < -0.4 is 5.32 Å². The molecule has 1 aliphatic rings. The van der Waals surface area contributed by atoms with Gasteiger partial charge in [-0.3, -0.25) is 4.79 Å². The molecule has 1 N–H and O–H groups in total. The van der Waals surface area contributed by atoms with Gasteiger partial charge >= 0.3 is 0 Å². The highest BCUT2D eigenvalue weighted by Crippen LogP contribution is 2.21. The molecule has 2 rings (SSSR count). The summed E-state index contributed by atoms with van der Waals surface area (Å²) in [7, 11) is 0. The summed E-state index contributed by atoms with van der Waals surface area (Å²) in [5.41, 5.74) is 0.726. The van der Waals surface area contributed by atoms with E-state index in [1.54, 1.807) is 0 Å². The highest BCUT2D eigenvalue weighted by Gasteiger charge is 2.19. The maximum atomic E-state index is 12.0. The molecular formula is C11H11BrINOS. The maximum Gasteiger partial charge on any atom is 0.252 e. The summed E-state index contributed by atoms with van der Waals surface area (Å²) in [4.78, 5) is 12.0. The molecule has 86 valence electrons. The molecule has 1 aliphatic heterocycles. The minimum atomic E-state index is 0.0258. The van der Waals surface area contributed by atoms with E-state index < -0.39 is 0 Å². The first-order valence-corrected chi connectivity index (χ1v) is 8.03. The molecule has 1 saturated heterocycles. The summed E-state index contributed by atoms with van der Waals surface area (Å²) in [6, 6.07) is 6.14. The molecule has 0 aromatic heterocycles. The Kier molecular flexibility index (Phi) is 4.55. The predicted molar refractivity (Wildman–Crippen MR) is 80.1 cm³/mol. The van der Waals surface area contributed by atoms with E-state index in [4.69, 9.17) is 0 Å². The standard InChI is InChI=1S/C11H11BrINOS/c12-10-2-1-7(13)5-9(10)11(15)14-8-3-4-16-6-8/h1-2,5,8H,3-4,6H2,(H,14,15). The van der Waals surface area contributed by atoms with E-state index in [1.807, 2.05) is 30.0 Å². The highest BCUT2D eigenvalue weighted by molar-refractivity contribution is 14.1. The topological polar surface area (TPSA) is 29.1 Å². The van der Waals surface area contributed by atoms with Crippen molar-refractivity contribution in [3.8, 4) is 0 Å². The van der Waals surface area contributed by atoms with Crippen LogP contribution >= 0.6 is 50.3 Å². The zero-order chi connectivity index (χ0) is 11.5. The molecule has 0 radical (unpaired) electrons. The Labute approximate surface area is 121 Å². The zero-order valence-corrected chi connectivity index (χ0v) is 13.1. The van der Waals surface area contributed by atoms with Crippen molar-refractivity contribution < 1.29 is 4.79 Å². The van der Waals surface area contributed by atoms with E-state index in [2.05, 4.69) is 43.8 Å². The van der Waals surface area contributed by atoms with Crippen molar-refractivity contribution in [2.75, 3.05) is 11.5 Å². The van der Waals surface area contributed by atoms with E-state index in [9.17, 15) is 4.79 Å². The number of thioether (sulfide) groups is 1. The fraction of sp³-hybridized carbons (Fsp3) is 0.364. The third-order valence-corrected chi connectivity index (χ3v) is 4.96. The van der Waals surface area contributed by atoms with Crippen molar-refractivity contribution in [2.24, 2.45) is 0 Å². The molecule has 1 unspecified atom stereocenters. The van der Waals surface area contributed by atoms with Crippen LogP contribution in [-0.4, -0.2) is 23.5 Å². The first-order valence-electron chi connectivity index (χ1n) is 5.00. The second kappa shape index (κ2) is 5.73. The number of hydrogen-bond acceptors (Lipinski definition) is 2. The van der Waals surface area contributed by atoms with Crippen molar-refractivity contribution >= 4 is 56.2 Å². The third kappa shape index (κ3) is 3.13. The van der Waals surface area contributed by atoms with Gasteiger partial charge in [-0.15, -0.1) is 0 Å². The lowest BCUT2D eigenvalue weighted by Crippen LogP contribution is -2.34. The van der Waals surface area contributed by atoms with Crippen molar-refractivity contribution in [1.82, 2.24) is 5.32 Å². The van der Waals surface area contributed by atoms with E-state index in [0.717, 1.165) is 31.5 Å². The van der Waals surface area contributed by atoms with Crippen LogP contribution in [0.2, 0.25) is 0 Å². The molecule has 1 atom stereocenters. The summed E-state index contributed by atoms with van der Waals surface area (Å²) in [6.45, 7) is 0. The van der Waals surface area contributed by atoms with Crippen molar-refractivity contribution in [3.05, 3.63) is 31.8 Å². The van der Waals surface area contributed by atoms with Gasteiger partial charge in [0.15, 0.2) is 0 Å². The second-order valence-electron chi connectivity index (χ2n) is 3.66. The Morgan fingerprint density at radius 1 is 1.56 bits per heavy atom. The van der Waals surface area contributed by atoms with E-state index in [-0.39, 0.29) is 5.91 Å². The Morgan fingerprint density at radius 3 is 3.06 bits per heavy atom. The van der Waals surface area contributed by atoms with E-state index >= 15 is 0 Å². The Hall–Kier alpha value is 0.250. The van der Waals surface area contributed by atoms with Gasteiger partial charge in [0, 0.05) is 19.8 Å². The molecule has 1 amide bonds. The zero-order valence-electron chi connectivity index (χ0n) is 8.50. The number of rotatable bonds is 2. The number of nitrogens with one attached hydrogen (secondary N) is 1. The molecule has 1 heterocycles. The Morgan fingerprint density at radius 2 is 2.38 bits per heavy atom. The van der Waals surface area contributed by atoms with E-state index in [1.165, 1.54) is 0 Å². The Bertz CT molecular complexity index is 407. The van der Waals surface area contributed by atoms with Gasteiger partial charge in [0.2, 0.25) is 0 Å². The van der Waals surface area contributed by atoms with Gasteiger partial charge < -0.3 is 5.32 Å². The van der Waals surface area contributed by atoms with Gasteiger partial charge in [0.1, 0.15) is 0 Å². The van der Waals surface area contributed by atoms with Crippen LogP contribution in [0.5, 0.6) is 0 Å². The third-order valence-electron chi connectivity index (χ3n) is 2.44. The summed E-state index contributed by atoms with van der Waals surface area (Å²) < 4.78 is 1.93. The van der Waals surface area contributed by atoms with Crippen LogP contribution in [-0.2, 0) is 0 Å². The summed E-state index contributed by atoms with van der Waals surface area (Å²) in [5.74, 6) is 2.21. The van der Waals surface area contributed by atoms with Crippen LogP contribution in [0, 0.1) is 3.57 Å². The summed E-state index contributed by atoms with van der Waals surface area (Å²) in [5, 5.41) is 3.07. The number of carbonyl (C=O) groups is 1. The number of amides is 1. The van der Waals surface area contributed by atoms with E-state index in [0.29, 0.717) is 6.04 Å². The average Bonchev–Trinajstić information content (AvgIpc) is 2.74. The number of halogens is 2. The Balaban J connectivity index is 2.10. The average molecular weight is 412 g/mol. The van der Waals surface area contributed by atoms with Gasteiger partial charge in [-0.2, -0.15) is 11.8 Å². The van der Waals surface area contributed by atoms with Crippen LogP contribution in [0.25, 0.3) is 0 Å². The lowest BCUT2D eigenvalue weighted by molar-refractivity contribution is 0.0940. The molecule has 1 aromatic rings. The molecule has 2 nitrogen and oxygen atoms in total. The fourth-order valence-electron chi connectivity index (χ4n) is 1.58. The molecule has 0 aliphatic carbocycles. The molecule has 16 heavy (non-hydrogen) atoms. The second-order valence-corrected chi connectivity index (χ2v) is 6.91. The monoisotopic (exact) mass is 411 g/mol. The first-order chi connectivity index (χ1) is 7.66. The number of carbonyl (C=O) groups excluding carboxylic acids is 1. The molecule has 1 aromatic carbocycles. The maximum absolute atomic E-state index is 12.0. The van der Waals surface area contributed by atoms with Gasteiger partial charge in [0.05, 0.1) is 5.56 Å². The number of hydrogen-bond donors (Lipinski definition) is 1. The van der Waals surface area contributed by atoms with Gasteiger partial charge in [0.25, 0.3) is 5.91 Å². The van der Waals surface area contributed by atoms with Crippen molar-refractivity contribution in [1.29, 1.82) is 0 Å². The summed E-state index contributed by atoms with van der Waals surface area (Å²) >= 11 is 7.52. The van der Waals surface area contributed by atoms with Gasteiger partial charge in [-0.25, -0.2) is 0 Å². The minimum Gasteiger partial charge on any atom is -0.348 e. The van der Waals surface area contributed by atoms with Crippen LogP contribution in [0.4, 0.5) is 0 Å². The van der Waals surface area contributed by atoms with Crippen LogP contribution in [0.1, 0.15) is 16.8 Å². The van der Waals surface area contributed by atoms with Crippen LogP contribution in [0.3, 0.4) is 0 Å². The van der Waals surface area contributed by atoms with Crippen molar-refractivity contribution in [3.63, 3.8) is 0 Å². The normalized spacial score (nSPS) is 19.8. The number of benzene rings is 1. The predicted octanol–water partition coefficient (Wildman–Crippen LogP) is 3.29.